The molecule has 102 valence electrons. The van der Waals surface area contributed by atoms with Crippen LogP contribution in [-0.4, -0.2) is 48.9 Å². The number of nitrogens with zero attached hydrogens (tertiary/aromatic N) is 1. The quantitative estimate of drug-likeness (QED) is 0.758. The van der Waals surface area contributed by atoms with E-state index in [9.17, 15) is 9.59 Å². The molecular weight excluding hydrogens is 230 g/mol. The molecule has 0 aromatic heterocycles. The molecule has 0 aliphatic carbocycles. The largest absolute Gasteiger partial charge is 0.354 e. The van der Waals surface area contributed by atoms with Gasteiger partial charge in [0.2, 0.25) is 11.8 Å². The summed E-state index contributed by atoms with van der Waals surface area (Å²) in [5, 5.41) is 6.25. The van der Waals surface area contributed by atoms with Crippen LogP contribution < -0.4 is 10.6 Å². The number of carbonyl (C=O) groups is 2. The van der Waals surface area contributed by atoms with E-state index >= 15 is 0 Å². The lowest BCUT2D eigenvalue weighted by molar-refractivity contribution is -0.131. The summed E-state index contributed by atoms with van der Waals surface area (Å²) in [6.07, 6.45) is 5.68. The van der Waals surface area contributed by atoms with Gasteiger partial charge < -0.3 is 15.5 Å². The molecule has 2 rings (SSSR count). The maximum Gasteiger partial charge on any atom is 0.222 e. The number of piperidine rings is 1. The van der Waals surface area contributed by atoms with Crippen molar-refractivity contribution < 1.29 is 9.59 Å². The van der Waals surface area contributed by atoms with Gasteiger partial charge in [-0.3, -0.25) is 9.59 Å². The average molecular weight is 253 g/mol. The van der Waals surface area contributed by atoms with Crippen LogP contribution in [0.25, 0.3) is 0 Å². The van der Waals surface area contributed by atoms with Crippen molar-refractivity contribution in [1.29, 1.82) is 0 Å². The van der Waals surface area contributed by atoms with Crippen molar-refractivity contribution in [2.45, 2.75) is 44.6 Å². The van der Waals surface area contributed by atoms with E-state index in [1.165, 1.54) is 19.3 Å². The van der Waals surface area contributed by atoms with Gasteiger partial charge in [-0.2, -0.15) is 0 Å². The second-order valence-corrected chi connectivity index (χ2v) is 5.17. The van der Waals surface area contributed by atoms with Crippen LogP contribution >= 0.6 is 0 Å². The Morgan fingerprint density at radius 1 is 1.28 bits per heavy atom. The third-order valence-electron chi connectivity index (χ3n) is 3.78. The van der Waals surface area contributed by atoms with Crippen LogP contribution in [0, 0.1) is 0 Å². The van der Waals surface area contributed by atoms with Crippen molar-refractivity contribution in [2.75, 3.05) is 26.2 Å². The molecule has 18 heavy (non-hydrogen) atoms. The molecule has 0 bridgehead atoms. The maximum atomic E-state index is 12.1. The minimum atomic E-state index is 0.0549. The lowest BCUT2D eigenvalue weighted by Crippen LogP contribution is -2.37. The van der Waals surface area contributed by atoms with E-state index in [0.29, 0.717) is 38.5 Å². The Bertz CT molecular complexity index is 301. The van der Waals surface area contributed by atoms with Crippen molar-refractivity contribution in [1.82, 2.24) is 15.5 Å². The van der Waals surface area contributed by atoms with Crippen LogP contribution in [-0.2, 0) is 9.59 Å². The molecule has 2 fully saturated rings. The number of nitrogens with one attached hydrogen (secondary N) is 2. The van der Waals surface area contributed by atoms with Crippen molar-refractivity contribution >= 4 is 11.8 Å². The van der Waals surface area contributed by atoms with Crippen molar-refractivity contribution in [2.24, 2.45) is 0 Å². The third kappa shape index (κ3) is 3.98. The minimum absolute atomic E-state index is 0.0549. The zero-order valence-corrected chi connectivity index (χ0v) is 10.9. The van der Waals surface area contributed by atoms with Gasteiger partial charge in [0.15, 0.2) is 0 Å². The Morgan fingerprint density at radius 3 is 2.94 bits per heavy atom. The fourth-order valence-electron chi connectivity index (χ4n) is 2.64. The molecule has 2 N–H and O–H groups in total. The molecule has 2 heterocycles. The van der Waals surface area contributed by atoms with Crippen molar-refractivity contribution in [3.8, 4) is 0 Å². The Morgan fingerprint density at radius 2 is 2.17 bits per heavy atom. The normalized spacial score (nSPS) is 25.4. The molecule has 0 aromatic rings. The van der Waals surface area contributed by atoms with Gasteiger partial charge in [0.05, 0.1) is 0 Å². The first-order valence-corrected chi connectivity index (χ1v) is 7.03. The molecule has 2 aliphatic heterocycles. The molecule has 0 spiro atoms. The van der Waals surface area contributed by atoms with Gasteiger partial charge in [-0.05, 0) is 25.8 Å². The lowest BCUT2D eigenvalue weighted by atomic mass is 10.0. The fraction of sp³-hybridized carbons (Fsp3) is 0.846. The highest BCUT2D eigenvalue weighted by atomic mass is 16.2. The van der Waals surface area contributed by atoms with Crippen LogP contribution in [0.3, 0.4) is 0 Å². The van der Waals surface area contributed by atoms with Crippen LogP contribution in [0.15, 0.2) is 0 Å². The summed E-state index contributed by atoms with van der Waals surface area (Å²) in [6, 6.07) is 0.509. The Hall–Kier alpha value is -1.10. The molecule has 0 aromatic carbocycles. The second kappa shape index (κ2) is 6.73. The second-order valence-electron chi connectivity index (χ2n) is 5.17. The van der Waals surface area contributed by atoms with Crippen molar-refractivity contribution in [3.05, 3.63) is 0 Å². The first-order valence-electron chi connectivity index (χ1n) is 7.03. The summed E-state index contributed by atoms with van der Waals surface area (Å²) < 4.78 is 0. The van der Waals surface area contributed by atoms with Crippen LogP contribution in [0.2, 0.25) is 0 Å². The number of hydrogen-bond acceptors (Lipinski definition) is 3. The van der Waals surface area contributed by atoms with Gasteiger partial charge >= 0.3 is 0 Å². The van der Waals surface area contributed by atoms with E-state index in [4.69, 9.17) is 0 Å². The van der Waals surface area contributed by atoms with Crippen LogP contribution in [0.1, 0.15) is 38.5 Å². The summed E-state index contributed by atoms with van der Waals surface area (Å²) in [4.78, 5) is 25.1. The Labute approximate surface area is 108 Å². The lowest BCUT2D eigenvalue weighted by Gasteiger charge is -2.25. The monoisotopic (exact) mass is 253 g/mol. The average Bonchev–Trinajstić information content (AvgIpc) is 2.62. The van der Waals surface area contributed by atoms with E-state index < -0.39 is 0 Å². The van der Waals surface area contributed by atoms with Crippen molar-refractivity contribution in [3.63, 3.8) is 0 Å². The SMILES string of the molecule is O=C1CCN(C(=O)CCC2CCCCN2)CCN1. The zero-order valence-electron chi connectivity index (χ0n) is 10.9. The summed E-state index contributed by atoms with van der Waals surface area (Å²) >= 11 is 0. The van der Waals surface area contributed by atoms with Gasteiger partial charge in [0.1, 0.15) is 0 Å². The van der Waals surface area contributed by atoms with E-state index in [-0.39, 0.29) is 11.8 Å². The number of carbonyl (C=O) groups excluding carboxylic acids is 2. The number of amides is 2. The highest BCUT2D eigenvalue weighted by Gasteiger charge is 2.20. The van der Waals surface area contributed by atoms with Crippen LogP contribution in [0.5, 0.6) is 0 Å². The molecule has 1 unspecified atom stereocenters. The summed E-state index contributed by atoms with van der Waals surface area (Å²) in [5.74, 6) is 0.248. The Kier molecular flexibility index (Phi) is 4.99. The highest BCUT2D eigenvalue weighted by Crippen LogP contribution is 2.13. The van der Waals surface area contributed by atoms with E-state index in [0.717, 1.165) is 13.0 Å². The molecule has 0 radical (unpaired) electrons. The minimum Gasteiger partial charge on any atom is -0.354 e. The van der Waals surface area contributed by atoms with E-state index in [1.807, 2.05) is 4.90 Å². The third-order valence-corrected chi connectivity index (χ3v) is 3.78. The molecule has 1 atom stereocenters. The fourth-order valence-corrected chi connectivity index (χ4v) is 2.64. The smallest absolute Gasteiger partial charge is 0.222 e. The first kappa shape index (κ1) is 13.3. The summed E-state index contributed by atoms with van der Waals surface area (Å²) in [7, 11) is 0. The molecule has 2 saturated heterocycles. The van der Waals surface area contributed by atoms with Gasteiger partial charge in [0, 0.05) is 38.5 Å². The summed E-state index contributed by atoms with van der Waals surface area (Å²) in [6.45, 7) is 2.90. The molecule has 0 saturated carbocycles. The van der Waals surface area contributed by atoms with Gasteiger partial charge in [-0.25, -0.2) is 0 Å². The summed E-state index contributed by atoms with van der Waals surface area (Å²) in [5.41, 5.74) is 0. The molecule has 5 nitrogen and oxygen atoms in total. The van der Waals surface area contributed by atoms with Gasteiger partial charge in [-0.15, -0.1) is 0 Å². The predicted molar refractivity (Wildman–Crippen MR) is 69.1 cm³/mol. The topological polar surface area (TPSA) is 61.4 Å². The Balaban J connectivity index is 1.71. The number of hydrogen-bond donors (Lipinski definition) is 2. The van der Waals surface area contributed by atoms with Gasteiger partial charge in [0.25, 0.3) is 0 Å². The standard InChI is InChI=1S/C13H23N3O2/c17-12-6-9-16(10-8-15-12)13(18)5-4-11-3-1-2-7-14-11/h11,14H,1-10H2,(H,15,17). The number of rotatable bonds is 3. The molecule has 2 amide bonds. The van der Waals surface area contributed by atoms with E-state index in [2.05, 4.69) is 10.6 Å². The predicted octanol–water partition coefficient (Wildman–Crippen LogP) is 0.257. The molecule has 5 heteroatoms. The molecule has 2 aliphatic rings. The maximum absolute atomic E-state index is 12.1. The van der Waals surface area contributed by atoms with Crippen LogP contribution in [0.4, 0.5) is 0 Å². The molecular formula is C13H23N3O2. The zero-order chi connectivity index (χ0) is 12.8. The first-order chi connectivity index (χ1) is 8.75. The van der Waals surface area contributed by atoms with E-state index in [1.54, 1.807) is 0 Å². The highest BCUT2D eigenvalue weighted by molar-refractivity contribution is 5.80. The van der Waals surface area contributed by atoms with Gasteiger partial charge in [-0.1, -0.05) is 6.42 Å².